The van der Waals surface area contributed by atoms with Crippen LogP contribution in [0, 0.1) is 0 Å². The van der Waals surface area contributed by atoms with Gasteiger partial charge in [-0.3, -0.25) is 0 Å². The summed E-state index contributed by atoms with van der Waals surface area (Å²) in [6, 6.07) is 17.4. The summed E-state index contributed by atoms with van der Waals surface area (Å²) in [5.74, 6) is -2.45. The minimum Gasteiger partial charge on any atom is -0.545 e. The molecule has 0 N–H and O–H groups in total. The molecule has 0 radical (unpaired) electrons. The third-order valence-corrected chi connectivity index (χ3v) is 2.74. The number of benzene rings is 2. The molecule has 0 saturated heterocycles. The monoisotopic (exact) mass is 350 g/mol. The van der Waals surface area contributed by atoms with Crippen molar-refractivity contribution in [3.8, 4) is 0 Å². The molecule has 0 spiro atoms. The summed E-state index contributed by atoms with van der Waals surface area (Å²) in [5, 5.41) is 20.6. The minimum atomic E-state index is -1.23. The molecule has 2 rings (SSSR count). The van der Waals surface area contributed by atoms with Crippen LogP contribution in [0.5, 0.6) is 0 Å². The van der Waals surface area contributed by atoms with Crippen molar-refractivity contribution in [1.82, 2.24) is 0 Å². The van der Waals surface area contributed by atoms with Crippen molar-refractivity contribution in [3.63, 3.8) is 0 Å². The Kier molecular flexibility index (Phi) is 9.01. The average molecular weight is 350 g/mol. The third-order valence-electron chi connectivity index (χ3n) is 2.74. The zero-order valence-corrected chi connectivity index (χ0v) is 13.3. The van der Waals surface area contributed by atoms with Gasteiger partial charge in [-0.15, -0.1) is 0 Å². The second kappa shape index (κ2) is 10.2. The molecule has 0 aliphatic heterocycles. The van der Waals surface area contributed by atoms with Gasteiger partial charge in [0.05, 0.1) is 11.9 Å². The summed E-state index contributed by atoms with van der Waals surface area (Å²) in [6.45, 7) is 6.72. The van der Waals surface area contributed by atoms with Crippen LogP contribution in [0.25, 0.3) is 11.1 Å². The second-order valence-electron chi connectivity index (χ2n) is 4.26. The van der Waals surface area contributed by atoms with E-state index in [4.69, 9.17) is 0 Å². The quantitative estimate of drug-likeness (QED) is 0.606. The van der Waals surface area contributed by atoms with E-state index in [1.807, 2.05) is 12.1 Å². The van der Waals surface area contributed by atoms with Crippen molar-refractivity contribution >= 4 is 23.1 Å². The van der Waals surface area contributed by atoms with Crippen LogP contribution in [0.4, 0.5) is 0 Å². The molecule has 2 aromatic carbocycles. The molecule has 118 valence electrons. The normalized spacial score (nSPS) is 8.70. The summed E-state index contributed by atoms with van der Waals surface area (Å²) in [6.07, 6.45) is 0. The molecule has 4 nitrogen and oxygen atoms in total. The van der Waals surface area contributed by atoms with Crippen LogP contribution < -0.4 is 10.2 Å². The molecule has 2 aromatic rings. The van der Waals surface area contributed by atoms with Gasteiger partial charge in [0.25, 0.3) is 0 Å². The summed E-state index contributed by atoms with van der Waals surface area (Å²) in [4.78, 5) is 20.6. The van der Waals surface area contributed by atoms with Crippen molar-refractivity contribution in [2.45, 2.75) is 0 Å². The van der Waals surface area contributed by atoms with Gasteiger partial charge < -0.3 is 19.8 Å². The zero-order chi connectivity index (χ0) is 16.5. The van der Waals surface area contributed by atoms with Gasteiger partial charge in [0.15, 0.2) is 0 Å². The van der Waals surface area contributed by atoms with Gasteiger partial charge in [-0.2, -0.15) is 0 Å². The first-order valence-electron chi connectivity index (χ1n) is 6.34. The number of hydrogen-bond acceptors (Lipinski definition) is 4. The maximum atomic E-state index is 10.3. The van der Waals surface area contributed by atoms with E-state index in [1.54, 1.807) is 48.5 Å². The van der Waals surface area contributed by atoms with Crippen molar-refractivity contribution in [3.05, 3.63) is 84.9 Å². The van der Waals surface area contributed by atoms with E-state index in [1.165, 1.54) is 0 Å². The average Bonchev–Trinajstić information content (AvgIpc) is 2.55. The van der Waals surface area contributed by atoms with E-state index in [2.05, 4.69) is 13.2 Å². The van der Waals surface area contributed by atoms with Crippen LogP contribution in [-0.2, 0) is 26.7 Å². The van der Waals surface area contributed by atoms with Crippen LogP contribution in [0.15, 0.2) is 73.8 Å². The second-order valence-corrected chi connectivity index (χ2v) is 4.26. The Morgan fingerprint density at radius 3 is 1.13 bits per heavy atom. The van der Waals surface area contributed by atoms with E-state index in [0.29, 0.717) is 11.1 Å². The molecule has 0 saturated carbocycles. The van der Waals surface area contributed by atoms with Gasteiger partial charge in [0, 0.05) is 0 Å². The molecular weight excluding hydrogens is 336 g/mol. The van der Waals surface area contributed by atoms with Crippen LogP contribution in [0.3, 0.4) is 0 Å². The van der Waals surface area contributed by atoms with E-state index in [9.17, 15) is 19.8 Å². The number of rotatable bonds is 4. The fourth-order valence-electron chi connectivity index (χ4n) is 1.51. The first-order valence-corrected chi connectivity index (χ1v) is 6.34. The van der Waals surface area contributed by atoms with Gasteiger partial charge in [0.1, 0.15) is 0 Å². The Balaban J connectivity index is 0.000000403. The predicted molar refractivity (Wildman–Crippen MR) is 81.0 cm³/mol. The summed E-state index contributed by atoms with van der Waals surface area (Å²) in [7, 11) is 0. The fourth-order valence-corrected chi connectivity index (χ4v) is 1.51. The van der Waals surface area contributed by atoms with E-state index >= 15 is 0 Å². The number of aliphatic carboxylic acids is 2. The topological polar surface area (TPSA) is 80.3 Å². The zero-order valence-electron chi connectivity index (χ0n) is 12.2. The Labute approximate surface area is 145 Å². The van der Waals surface area contributed by atoms with Gasteiger partial charge in [-0.25, -0.2) is 0 Å². The van der Waals surface area contributed by atoms with Crippen molar-refractivity contribution in [2.75, 3.05) is 0 Å². The number of carboxylic acids is 2. The van der Waals surface area contributed by atoms with Crippen LogP contribution >= 0.6 is 0 Å². The van der Waals surface area contributed by atoms with Crippen molar-refractivity contribution < 1.29 is 36.9 Å². The molecule has 0 aromatic heterocycles. The maximum Gasteiger partial charge on any atom is 2.00 e. The van der Waals surface area contributed by atoms with Crippen molar-refractivity contribution in [1.29, 1.82) is 0 Å². The minimum absolute atomic E-state index is 0. The molecule has 0 atom stereocenters. The smallest absolute Gasteiger partial charge is 0.545 e. The summed E-state index contributed by atoms with van der Waals surface area (Å²) < 4.78 is 0. The number of carbonyl (C=O) groups is 2. The molecule has 0 aliphatic rings. The van der Waals surface area contributed by atoms with Gasteiger partial charge >= 0.3 is 17.1 Å². The fraction of sp³-hybridized carbons (Fsp3) is 0. The molecule has 0 heterocycles. The molecule has 0 fully saturated rings. The van der Waals surface area contributed by atoms with Gasteiger partial charge in [-0.1, -0.05) is 73.8 Å². The van der Waals surface area contributed by atoms with E-state index in [-0.39, 0.29) is 28.2 Å². The summed E-state index contributed by atoms with van der Waals surface area (Å²) >= 11 is 0. The predicted octanol–water partition coefficient (Wildman–Crippen LogP) is 0.897. The molecule has 23 heavy (non-hydrogen) atoms. The van der Waals surface area contributed by atoms with Gasteiger partial charge in [0.2, 0.25) is 0 Å². The Bertz CT molecular complexity index is 617. The molecular formula is C18H14FeO4. The molecule has 0 amide bonds. The molecule has 0 aliphatic carbocycles. The standard InChI is InChI=1S/2C9H8O2.Fe/c2*1-7(9(10)11)8-5-3-2-4-6-8;/h2*2-6H,1H2,(H,10,11);/q;;+2/p-2. The first-order chi connectivity index (χ1) is 10.4. The third kappa shape index (κ3) is 6.78. The first kappa shape index (κ1) is 20.4. The Morgan fingerprint density at radius 1 is 0.652 bits per heavy atom. The summed E-state index contributed by atoms with van der Waals surface area (Å²) in [5.41, 5.74) is 1.22. The molecule has 0 unspecified atom stereocenters. The molecule has 0 bridgehead atoms. The molecule has 5 heteroatoms. The van der Waals surface area contributed by atoms with E-state index < -0.39 is 11.9 Å². The van der Waals surface area contributed by atoms with E-state index in [0.717, 1.165) is 0 Å². The number of hydrogen-bond donors (Lipinski definition) is 0. The maximum absolute atomic E-state index is 10.3. The van der Waals surface area contributed by atoms with Crippen molar-refractivity contribution in [2.24, 2.45) is 0 Å². The van der Waals surface area contributed by atoms with Crippen LogP contribution in [0.1, 0.15) is 11.1 Å². The Morgan fingerprint density at radius 2 is 0.913 bits per heavy atom. The largest absolute Gasteiger partial charge is 2.00 e. The SMILES string of the molecule is C=C(C(=O)[O-])c1ccccc1.C=C(C(=O)[O-])c1ccccc1.[Fe+2]. The van der Waals surface area contributed by atoms with Crippen LogP contribution in [0.2, 0.25) is 0 Å². The Hall–Kier alpha value is -2.62. The number of carbonyl (C=O) groups excluding carboxylic acids is 2. The number of carboxylic acid groups (broad SMARTS) is 2. The van der Waals surface area contributed by atoms with Gasteiger partial charge in [-0.05, 0) is 22.3 Å². The van der Waals surface area contributed by atoms with Crippen LogP contribution in [-0.4, -0.2) is 11.9 Å².